The van der Waals surface area contributed by atoms with E-state index >= 15 is 0 Å². The number of nitrogens with one attached hydrogen (secondary N) is 1. The maximum absolute atomic E-state index is 8.86. The normalized spacial score (nSPS) is 22.6. The highest BCUT2D eigenvalue weighted by atomic mass is 16.3. The van der Waals surface area contributed by atoms with Crippen LogP contribution in [0.1, 0.15) is 45.4 Å². The first kappa shape index (κ1) is 11.0. The second-order valence-corrected chi connectivity index (χ2v) is 4.35. The Morgan fingerprint density at radius 3 is 2.38 bits per heavy atom. The molecule has 1 fully saturated rings. The molecular weight excluding hydrogens is 162 g/mol. The molecule has 0 saturated heterocycles. The molecule has 0 aliphatic heterocycles. The highest BCUT2D eigenvalue weighted by molar-refractivity contribution is 4.69. The second kappa shape index (κ2) is 6.39. The van der Waals surface area contributed by atoms with Crippen LogP contribution in [0, 0.1) is 5.92 Å². The van der Waals surface area contributed by atoms with Crippen LogP contribution in [0.5, 0.6) is 0 Å². The van der Waals surface area contributed by atoms with Crippen molar-refractivity contribution in [3.63, 3.8) is 0 Å². The first-order valence-electron chi connectivity index (χ1n) is 5.67. The fraction of sp³-hybridized carbons (Fsp3) is 1.00. The summed E-state index contributed by atoms with van der Waals surface area (Å²) in [4.78, 5) is 0. The molecule has 2 nitrogen and oxygen atoms in total. The predicted molar refractivity (Wildman–Crippen MR) is 55.7 cm³/mol. The van der Waals surface area contributed by atoms with Crippen molar-refractivity contribution in [1.29, 1.82) is 0 Å². The average Bonchev–Trinajstić information content (AvgIpc) is 2.42. The van der Waals surface area contributed by atoms with E-state index in [0.717, 1.165) is 12.5 Å². The van der Waals surface area contributed by atoms with Crippen LogP contribution in [0.4, 0.5) is 0 Å². The predicted octanol–water partition coefficient (Wildman–Crippen LogP) is 1.93. The number of hydrogen-bond acceptors (Lipinski definition) is 2. The molecule has 0 aromatic carbocycles. The zero-order valence-electron chi connectivity index (χ0n) is 8.76. The van der Waals surface area contributed by atoms with E-state index in [-0.39, 0.29) is 12.6 Å². The summed E-state index contributed by atoms with van der Waals surface area (Å²) in [6.07, 6.45) is 8.41. The summed E-state index contributed by atoms with van der Waals surface area (Å²) in [5.41, 5.74) is 0. The number of aliphatic hydroxyl groups is 1. The highest BCUT2D eigenvalue weighted by Gasteiger charge is 2.12. The number of hydrogen-bond donors (Lipinski definition) is 2. The zero-order valence-corrected chi connectivity index (χ0v) is 8.76. The van der Waals surface area contributed by atoms with Gasteiger partial charge in [-0.05, 0) is 32.2 Å². The standard InChI is InChI=1S/C11H23NO/c1-10(9-13)12-8-11-6-4-2-3-5-7-11/h10-13H,2-9H2,1H3. The van der Waals surface area contributed by atoms with Crippen molar-refractivity contribution in [2.24, 2.45) is 5.92 Å². The summed E-state index contributed by atoms with van der Waals surface area (Å²) in [5.74, 6) is 0.858. The summed E-state index contributed by atoms with van der Waals surface area (Å²) < 4.78 is 0. The van der Waals surface area contributed by atoms with Gasteiger partial charge in [-0.3, -0.25) is 0 Å². The molecule has 2 heteroatoms. The van der Waals surface area contributed by atoms with E-state index in [2.05, 4.69) is 5.32 Å². The van der Waals surface area contributed by atoms with E-state index in [0.29, 0.717) is 0 Å². The van der Waals surface area contributed by atoms with Gasteiger partial charge in [0, 0.05) is 6.04 Å². The lowest BCUT2D eigenvalue weighted by molar-refractivity contribution is 0.243. The molecule has 1 saturated carbocycles. The van der Waals surface area contributed by atoms with Gasteiger partial charge in [-0.15, -0.1) is 0 Å². The maximum atomic E-state index is 8.86. The molecule has 2 N–H and O–H groups in total. The number of rotatable bonds is 4. The molecule has 0 bridgehead atoms. The van der Waals surface area contributed by atoms with E-state index in [1.165, 1.54) is 38.5 Å². The van der Waals surface area contributed by atoms with Gasteiger partial charge in [0.2, 0.25) is 0 Å². The van der Waals surface area contributed by atoms with Crippen LogP contribution < -0.4 is 5.32 Å². The van der Waals surface area contributed by atoms with Crippen molar-refractivity contribution < 1.29 is 5.11 Å². The third-order valence-corrected chi connectivity index (χ3v) is 3.00. The van der Waals surface area contributed by atoms with Gasteiger partial charge in [0.15, 0.2) is 0 Å². The van der Waals surface area contributed by atoms with E-state index in [9.17, 15) is 0 Å². The van der Waals surface area contributed by atoms with E-state index in [1.807, 2.05) is 6.92 Å². The Kier molecular flexibility index (Phi) is 5.40. The zero-order chi connectivity index (χ0) is 9.52. The fourth-order valence-corrected chi connectivity index (χ4v) is 2.00. The first-order valence-corrected chi connectivity index (χ1v) is 5.67. The van der Waals surface area contributed by atoms with Crippen LogP contribution >= 0.6 is 0 Å². The molecule has 0 aromatic heterocycles. The van der Waals surface area contributed by atoms with E-state index < -0.39 is 0 Å². The molecule has 0 radical (unpaired) electrons. The van der Waals surface area contributed by atoms with Crippen LogP contribution in [0.15, 0.2) is 0 Å². The molecule has 78 valence electrons. The van der Waals surface area contributed by atoms with Crippen LogP contribution in [-0.2, 0) is 0 Å². The lowest BCUT2D eigenvalue weighted by Crippen LogP contribution is -2.33. The monoisotopic (exact) mass is 185 g/mol. The Labute approximate surface area is 81.7 Å². The molecule has 0 heterocycles. The van der Waals surface area contributed by atoms with Crippen molar-refractivity contribution in [3.05, 3.63) is 0 Å². The van der Waals surface area contributed by atoms with Gasteiger partial charge in [0.05, 0.1) is 6.61 Å². The van der Waals surface area contributed by atoms with Crippen LogP contribution in [-0.4, -0.2) is 24.3 Å². The Morgan fingerprint density at radius 1 is 1.23 bits per heavy atom. The lowest BCUT2D eigenvalue weighted by Gasteiger charge is -2.17. The number of aliphatic hydroxyl groups excluding tert-OH is 1. The molecule has 1 rings (SSSR count). The van der Waals surface area contributed by atoms with Gasteiger partial charge in [-0.2, -0.15) is 0 Å². The minimum absolute atomic E-state index is 0.257. The summed E-state index contributed by atoms with van der Waals surface area (Å²) >= 11 is 0. The Morgan fingerprint density at radius 2 is 1.85 bits per heavy atom. The van der Waals surface area contributed by atoms with Gasteiger partial charge < -0.3 is 10.4 Å². The molecule has 0 aromatic rings. The van der Waals surface area contributed by atoms with Crippen LogP contribution in [0.3, 0.4) is 0 Å². The molecule has 1 atom stereocenters. The molecule has 1 unspecified atom stereocenters. The average molecular weight is 185 g/mol. The summed E-state index contributed by atoms with van der Waals surface area (Å²) in [6.45, 7) is 3.39. The van der Waals surface area contributed by atoms with E-state index in [1.54, 1.807) is 0 Å². The van der Waals surface area contributed by atoms with Crippen molar-refractivity contribution in [3.8, 4) is 0 Å². The smallest absolute Gasteiger partial charge is 0.0581 e. The summed E-state index contributed by atoms with van der Waals surface area (Å²) in [6, 6.07) is 0.267. The van der Waals surface area contributed by atoms with Crippen molar-refractivity contribution >= 4 is 0 Å². The van der Waals surface area contributed by atoms with Gasteiger partial charge in [0.25, 0.3) is 0 Å². The van der Waals surface area contributed by atoms with Gasteiger partial charge in [-0.1, -0.05) is 25.7 Å². The first-order chi connectivity index (χ1) is 6.33. The molecule has 13 heavy (non-hydrogen) atoms. The van der Waals surface area contributed by atoms with Crippen molar-refractivity contribution in [2.75, 3.05) is 13.2 Å². The second-order valence-electron chi connectivity index (χ2n) is 4.35. The maximum Gasteiger partial charge on any atom is 0.0581 e. The molecule has 1 aliphatic carbocycles. The lowest BCUT2D eigenvalue weighted by atomic mass is 10.0. The molecule has 0 amide bonds. The quantitative estimate of drug-likeness (QED) is 0.656. The van der Waals surface area contributed by atoms with E-state index in [4.69, 9.17) is 5.11 Å². The van der Waals surface area contributed by atoms with Gasteiger partial charge in [-0.25, -0.2) is 0 Å². The Hall–Kier alpha value is -0.0800. The van der Waals surface area contributed by atoms with Crippen LogP contribution in [0.2, 0.25) is 0 Å². The minimum atomic E-state index is 0.257. The van der Waals surface area contributed by atoms with Crippen molar-refractivity contribution in [1.82, 2.24) is 5.32 Å². The molecule has 1 aliphatic rings. The summed E-state index contributed by atoms with van der Waals surface area (Å²) in [5, 5.41) is 12.2. The molecule has 0 spiro atoms. The minimum Gasteiger partial charge on any atom is -0.395 e. The van der Waals surface area contributed by atoms with Gasteiger partial charge >= 0.3 is 0 Å². The van der Waals surface area contributed by atoms with Crippen LogP contribution in [0.25, 0.3) is 0 Å². The largest absolute Gasteiger partial charge is 0.395 e. The summed E-state index contributed by atoms with van der Waals surface area (Å²) in [7, 11) is 0. The molecular formula is C11H23NO. The van der Waals surface area contributed by atoms with Gasteiger partial charge in [0.1, 0.15) is 0 Å². The third-order valence-electron chi connectivity index (χ3n) is 3.00. The SMILES string of the molecule is CC(CO)NCC1CCCCCC1. The highest BCUT2D eigenvalue weighted by Crippen LogP contribution is 2.22. The Balaban J connectivity index is 2.11. The topological polar surface area (TPSA) is 32.3 Å². The van der Waals surface area contributed by atoms with Crippen molar-refractivity contribution in [2.45, 2.75) is 51.5 Å². The fourth-order valence-electron chi connectivity index (χ4n) is 2.00. The Bertz CT molecular complexity index is 119. The third kappa shape index (κ3) is 4.63.